The highest BCUT2D eigenvalue weighted by Crippen LogP contribution is 2.49. The van der Waals surface area contributed by atoms with Crippen LogP contribution in [0.5, 0.6) is 0 Å². The van der Waals surface area contributed by atoms with Crippen molar-refractivity contribution in [2.45, 2.75) is 25.7 Å². The van der Waals surface area contributed by atoms with E-state index in [9.17, 15) is 9.59 Å². The minimum Gasteiger partial charge on any atom is -0.393 e. The number of ether oxygens (including phenoxy) is 1. The van der Waals surface area contributed by atoms with Crippen LogP contribution >= 0.6 is 0 Å². The van der Waals surface area contributed by atoms with E-state index in [0.29, 0.717) is 0 Å². The Kier molecular flexibility index (Phi) is 2.12. The summed E-state index contributed by atoms with van der Waals surface area (Å²) in [6.45, 7) is 4.00. The van der Waals surface area contributed by atoms with Crippen molar-refractivity contribution in [1.29, 1.82) is 0 Å². The predicted octanol–water partition coefficient (Wildman–Crippen LogP) is 2.22. The van der Waals surface area contributed by atoms with Gasteiger partial charge < -0.3 is 4.74 Å². The fourth-order valence-corrected chi connectivity index (χ4v) is 3.29. The molecule has 0 radical (unpaired) electrons. The molecule has 88 valence electrons. The molecule has 1 saturated heterocycles. The zero-order valence-corrected chi connectivity index (χ0v) is 9.84. The summed E-state index contributed by atoms with van der Waals surface area (Å²) in [4.78, 5) is 23.5. The highest BCUT2D eigenvalue weighted by Gasteiger charge is 2.53. The van der Waals surface area contributed by atoms with E-state index in [4.69, 9.17) is 4.74 Å². The molecule has 0 bridgehead atoms. The maximum absolute atomic E-state index is 11.7. The van der Waals surface area contributed by atoms with Gasteiger partial charge in [0.1, 0.15) is 0 Å². The Hall–Kier alpha value is -1.64. The van der Waals surface area contributed by atoms with Gasteiger partial charge in [0, 0.05) is 0 Å². The summed E-state index contributed by atoms with van der Waals surface area (Å²) < 4.78 is 4.80. The Morgan fingerprint density at radius 2 is 1.29 bits per heavy atom. The SMILES string of the molecule is C[C@@H]1c2ccccc2[C@H](C)[C@@H]2C(=O)OC(=O)[C@@H]21. The molecule has 1 fully saturated rings. The van der Waals surface area contributed by atoms with E-state index in [-0.39, 0.29) is 35.6 Å². The van der Waals surface area contributed by atoms with Crippen LogP contribution in [-0.4, -0.2) is 11.9 Å². The van der Waals surface area contributed by atoms with Crippen LogP contribution in [0.4, 0.5) is 0 Å². The van der Waals surface area contributed by atoms with E-state index in [1.165, 1.54) is 11.1 Å². The summed E-state index contributed by atoms with van der Waals surface area (Å²) in [5.74, 6) is -1.18. The fraction of sp³-hybridized carbons (Fsp3) is 0.429. The molecule has 3 nitrogen and oxygen atoms in total. The van der Waals surface area contributed by atoms with Gasteiger partial charge in [-0.2, -0.15) is 0 Å². The number of carbonyl (C=O) groups excluding carboxylic acids is 2. The van der Waals surface area contributed by atoms with E-state index in [0.717, 1.165) is 0 Å². The second-order valence-corrected chi connectivity index (χ2v) is 5.00. The number of fused-ring (bicyclic) bond motifs is 2. The Morgan fingerprint density at radius 1 is 0.882 bits per heavy atom. The third kappa shape index (κ3) is 1.28. The first-order chi connectivity index (χ1) is 8.11. The quantitative estimate of drug-likeness (QED) is 0.507. The molecule has 0 unspecified atom stereocenters. The van der Waals surface area contributed by atoms with Crippen molar-refractivity contribution in [1.82, 2.24) is 0 Å². The van der Waals surface area contributed by atoms with Crippen LogP contribution in [0.15, 0.2) is 24.3 Å². The van der Waals surface area contributed by atoms with Gasteiger partial charge in [0.15, 0.2) is 0 Å². The number of rotatable bonds is 0. The molecule has 0 spiro atoms. The van der Waals surface area contributed by atoms with Gasteiger partial charge >= 0.3 is 11.9 Å². The van der Waals surface area contributed by atoms with Gasteiger partial charge in [-0.15, -0.1) is 0 Å². The number of esters is 2. The number of carbonyl (C=O) groups is 2. The standard InChI is InChI=1S/C14H14O3/c1-7-9-5-3-4-6-10(9)8(2)12-11(7)13(15)17-14(12)16/h3-8,11-12H,1-2H3/t7-,8+,11-,12+. The number of hydrogen-bond acceptors (Lipinski definition) is 3. The van der Waals surface area contributed by atoms with E-state index in [1.54, 1.807) is 0 Å². The average molecular weight is 230 g/mol. The fourth-order valence-electron chi connectivity index (χ4n) is 3.29. The first-order valence-corrected chi connectivity index (χ1v) is 5.95. The molecule has 1 aromatic carbocycles. The van der Waals surface area contributed by atoms with E-state index < -0.39 is 0 Å². The van der Waals surface area contributed by atoms with Crippen molar-refractivity contribution in [3.05, 3.63) is 35.4 Å². The molecule has 3 rings (SSSR count). The molecule has 1 aromatic rings. The van der Waals surface area contributed by atoms with Crippen molar-refractivity contribution in [2.24, 2.45) is 11.8 Å². The van der Waals surface area contributed by atoms with Crippen LogP contribution in [0.25, 0.3) is 0 Å². The third-order valence-electron chi connectivity index (χ3n) is 4.19. The second kappa shape index (κ2) is 3.42. The van der Waals surface area contributed by atoms with Gasteiger partial charge in [-0.1, -0.05) is 38.1 Å². The van der Waals surface area contributed by atoms with Gasteiger partial charge in [-0.3, -0.25) is 9.59 Å². The lowest BCUT2D eigenvalue weighted by atomic mass is 9.66. The zero-order chi connectivity index (χ0) is 12.2. The molecule has 3 heteroatoms. The summed E-state index contributed by atoms with van der Waals surface area (Å²) in [6, 6.07) is 8.04. The van der Waals surface area contributed by atoms with Gasteiger partial charge in [-0.05, 0) is 23.0 Å². The average Bonchev–Trinajstić information content (AvgIpc) is 2.62. The molecule has 2 aliphatic rings. The minimum absolute atomic E-state index is 0.0614. The smallest absolute Gasteiger partial charge is 0.318 e. The van der Waals surface area contributed by atoms with E-state index >= 15 is 0 Å². The van der Waals surface area contributed by atoms with Crippen LogP contribution < -0.4 is 0 Å². The number of benzene rings is 1. The highest BCUT2D eigenvalue weighted by molar-refractivity contribution is 5.98. The Labute approximate surface area is 99.8 Å². The Balaban J connectivity index is 2.17. The number of hydrogen-bond donors (Lipinski definition) is 0. The van der Waals surface area contributed by atoms with Crippen molar-refractivity contribution in [3.63, 3.8) is 0 Å². The summed E-state index contributed by atoms with van der Waals surface area (Å²) in [5.41, 5.74) is 2.35. The highest BCUT2D eigenvalue weighted by atomic mass is 16.6. The molecule has 0 aromatic heterocycles. The van der Waals surface area contributed by atoms with Crippen LogP contribution in [0.2, 0.25) is 0 Å². The maximum atomic E-state index is 11.7. The largest absolute Gasteiger partial charge is 0.393 e. The molecule has 17 heavy (non-hydrogen) atoms. The summed E-state index contributed by atoms with van der Waals surface area (Å²) in [7, 11) is 0. The lowest BCUT2D eigenvalue weighted by molar-refractivity contribution is -0.153. The molecule has 0 amide bonds. The van der Waals surface area contributed by atoms with Crippen LogP contribution in [-0.2, 0) is 14.3 Å². The van der Waals surface area contributed by atoms with E-state index in [1.807, 2.05) is 38.1 Å². The molecular formula is C14H14O3. The Bertz CT molecular complexity index is 461. The van der Waals surface area contributed by atoms with Gasteiger partial charge in [0.2, 0.25) is 0 Å². The van der Waals surface area contributed by atoms with Gasteiger partial charge in [0.05, 0.1) is 11.8 Å². The first kappa shape index (κ1) is 10.5. The molecule has 4 atom stereocenters. The van der Waals surface area contributed by atoms with Crippen molar-refractivity contribution in [2.75, 3.05) is 0 Å². The minimum atomic E-state index is -0.353. The van der Waals surface area contributed by atoms with Gasteiger partial charge in [-0.25, -0.2) is 0 Å². The monoisotopic (exact) mass is 230 g/mol. The van der Waals surface area contributed by atoms with Crippen LogP contribution in [0, 0.1) is 11.8 Å². The first-order valence-electron chi connectivity index (χ1n) is 5.95. The Morgan fingerprint density at radius 3 is 1.71 bits per heavy atom. The number of cyclic esters (lactones) is 2. The lowest BCUT2D eigenvalue weighted by Crippen LogP contribution is -2.33. The molecule has 1 heterocycles. The van der Waals surface area contributed by atoms with Crippen LogP contribution in [0.3, 0.4) is 0 Å². The molecule has 0 N–H and O–H groups in total. The lowest BCUT2D eigenvalue weighted by Gasteiger charge is -2.34. The van der Waals surface area contributed by atoms with Gasteiger partial charge in [0.25, 0.3) is 0 Å². The maximum Gasteiger partial charge on any atom is 0.318 e. The summed E-state index contributed by atoms with van der Waals surface area (Å²) in [6.07, 6.45) is 0. The van der Waals surface area contributed by atoms with Crippen molar-refractivity contribution >= 4 is 11.9 Å². The normalized spacial score (nSPS) is 35.2. The molecule has 1 aliphatic heterocycles. The third-order valence-corrected chi connectivity index (χ3v) is 4.19. The van der Waals surface area contributed by atoms with E-state index in [2.05, 4.69) is 0 Å². The van der Waals surface area contributed by atoms with Crippen LogP contribution in [0.1, 0.15) is 36.8 Å². The second-order valence-electron chi connectivity index (χ2n) is 5.00. The summed E-state index contributed by atoms with van der Waals surface area (Å²) in [5, 5.41) is 0. The van der Waals surface area contributed by atoms with Crippen molar-refractivity contribution < 1.29 is 14.3 Å². The molecule has 1 aliphatic carbocycles. The topological polar surface area (TPSA) is 43.4 Å². The zero-order valence-electron chi connectivity index (χ0n) is 9.84. The molecular weight excluding hydrogens is 216 g/mol. The van der Waals surface area contributed by atoms with Crippen molar-refractivity contribution in [3.8, 4) is 0 Å². The summed E-state index contributed by atoms with van der Waals surface area (Å²) >= 11 is 0. The predicted molar refractivity (Wildman–Crippen MR) is 61.4 cm³/mol. The molecule has 0 saturated carbocycles.